The van der Waals surface area contributed by atoms with Gasteiger partial charge in [-0.15, -0.1) is 0 Å². The number of nitriles is 1. The van der Waals surface area contributed by atoms with Gasteiger partial charge in [-0.3, -0.25) is 0 Å². The summed E-state index contributed by atoms with van der Waals surface area (Å²) in [6.07, 6.45) is 3.61. The third-order valence-electron chi connectivity index (χ3n) is 5.31. The molecule has 3 aromatic rings. The van der Waals surface area contributed by atoms with Gasteiger partial charge >= 0.3 is 6.09 Å². The monoisotopic (exact) mass is 471 g/mol. The largest absolute Gasteiger partial charge is 0.444 e. The highest BCUT2D eigenvalue weighted by atomic mass is 35.5. The maximum Gasteiger partial charge on any atom is 0.410 e. The molecule has 1 saturated heterocycles. The molecule has 1 fully saturated rings. The van der Waals surface area contributed by atoms with Crippen LogP contribution in [-0.4, -0.2) is 44.2 Å². The molecule has 0 saturated carbocycles. The topological polar surface area (TPSA) is 93.3 Å². The third kappa shape index (κ3) is 4.86. The second-order valence-electron chi connectivity index (χ2n) is 8.82. The predicted molar refractivity (Wildman–Crippen MR) is 120 cm³/mol. The highest BCUT2D eigenvalue weighted by Crippen LogP contribution is 2.36. The maximum absolute atomic E-state index is 15.0. The number of piperidine rings is 1. The number of amides is 1. The zero-order valence-electron chi connectivity index (χ0n) is 18.5. The van der Waals surface area contributed by atoms with Crippen LogP contribution in [0.5, 0.6) is 11.6 Å². The SMILES string of the molecule is CC(C)(C)OC(=O)N1CCC(n2cc(F)c3c(Oc4ccc(C#N)cc4Cl)ncnc32)CC1. The van der Waals surface area contributed by atoms with Crippen molar-refractivity contribution in [3.8, 4) is 17.7 Å². The highest BCUT2D eigenvalue weighted by Gasteiger charge is 2.29. The number of nitrogens with zero attached hydrogens (tertiary/aromatic N) is 5. The second-order valence-corrected chi connectivity index (χ2v) is 9.23. The van der Waals surface area contributed by atoms with Gasteiger partial charge in [0.2, 0.25) is 5.88 Å². The molecule has 1 aliphatic heterocycles. The molecule has 1 aromatic carbocycles. The number of carbonyl (C=O) groups is 1. The van der Waals surface area contributed by atoms with Crippen molar-refractivity contribution < 1.29 is 18.7 Å². The molecule has 8 nitrogen and oxygen atoms in total. The number of carbonyl (C=O) groups excluding carboxylic acids is 1. The lowest BCUT2D eigenvalue weighted by molar-refractivity contribution is 0.0189. The Labute approximate surface area is 195 Å². The number of aromatic nitrogens is 3. The molecule has 0 N–H and O–H groups in total. The first kappa shape index (κ1) is 22.8. The number of hydrogen-bond donors (Lipinski definition) is 0. The van der Waals surface area contributed by atoms with Gasteiger partial charge in [0.05, 0.1) is 16.7 Å². The highest BCUT2D eigenvalue weighted by molar-refractivity contribution is 6.32. The minimum absolute atomic E-state index is 0.0362. The van der Waals surface area contributed by atoms with Crippen molar-refractivity contribution >= 4 is 28.7 Å². The van der Waals surface area contributed by atoms with Crippen LogP contribution in [0.15, 0.2) is 30.7 Å². The van der Waals surface area contributed by atoms with E-state index >= 15 is 0 Å². The Morgan fingerprint density at radius 1 is 1.27 bits per heavy atom. The van der Waals surface area contributed by atoms with E-state index < -0.39 is 11.4 Å². The van der Waals surface area contributed by atoms with Gasteiger partial charge < -0.3 is 18.9 Å². The molecular weight excluding hydrogens is 449 g/mol. The molecule has 1 aliphatic rings. The second kappa shape index (κ2) is 8.87. The number of likely N-dealkylation sites (tertiary alicyclic amines) is 1. The first-order valence-electron chi connectivity index (χ1n) is 10.5. The van der Waals surface area contributed by atoms with Crippen molar-refractivity contribution in [1.29, 1.82) is 5.26 Å². The van der Waals surface area contributed by atoms with Gasteiger partial charge in [-0.05, 0) is 51.8 Å². The summed E-state index contributed by atoms with van der Waals surface area (Å²) < 4.78 is 28.0. The van der Waals surface area contributed by atoms with Crippen LogP contribution >= 0.6 is 11.6 Å². The van der Waals surface area contributed by atoms with Crippen LogP contribution in [0.2, 0.25) is 5.02 Å². The van der Waals surface area contributed by atoms with Crippen LogP contribution in [0.4, 0.5) is 9.18 Å². The van der Waals surface area contributed by atoms with E-state index in [0.29, 0.717) is 37.1 Å². The van der Waals surface area contributed by atoms with Gasteiger partial charge in [-0.1, -0.05) is 11.6 Å². The van der Waals surface area contributed by atoms with E-state index in [2.05, 4.69) is 9.97 Å². The summed E-state index contributed by atoms with van der Waals surface area (Å²) >= 11 is 6.19. The summed E-state index contributed by atoms with van der Waals surface area (Å²) in [5, 5.41) is 9.36. The van der Waals surface area contributed by atoms with Gasteiger partial charge in [-0.25, -0.2) is 19.2 Å². The quantitative estimate of drug-likeness (QED) is 0.503. The van der Waals surface area contributed by atoms with E-state index in [-0.39, 0.29) is 34.2 Å². The van der Waals surface area contributed by atoms with Crippen LogP contribution in [0.25, 0.3) is 11.0 Å². The van der Waals surface area contributed by atoms with Crippen LogP contribution in [0, 0.1) is 17.1 Å². The zero-order valence-corrected chi connectivity index (χ0v) is 19.3. The van der Waals surface area contributed by atoms with Crippen LogP contribution < -0.4 is 4.74 Å². The van der Waals surface area contributed by atoms with Crippen molar-refractivity contribution in [2.45, 2.75) is 45.3 Å². The Morgan fingerprint density at radius 3 is 2.64 bits per heavy atom. The van der Waals surface area contributed by atoms with Crippen LogP contribution in [0.1, 0.15) is 45.2 Å². The molecule has 2 aromatic heterocycles. The summed E-state index contributed by atoms with van der Waals surface area (Å²) in [4.78, 5) is 22.4. The molecule has 0 spiro atoms. The Morgan fingerprint density at radius 2 is 2.00 bits per heavy atom. The summed E-state index contributed by atoms with van der Waals surface area (Å²) in [5.41, 5.74) is 0.229. The molecule has 33 heavy (non-hydrogen) atoms. The van der Waals surface area contributed by atoms with Gasteiger partial charge in [0, 0.05) is 25.3 Å². The molecule has 4 rings (SSSR count). The molecule has 0 aliphatic carbocycles. The molecule has 172 valence electrons. The summed E-state index contributed by atoms with van der Waals surface area (Å²) in [5.74, 6) is -0.220. The van der Waals surface area contributed by atoms with E-state index in [1.807, 2.05) is 26.8 Å². The van der Waals surface area contributed by atoms with Gasteiger partial charge in [0.1, 0.15) is 23.1 Å². The number of halogens is 2. The maximum atomic E-state index is 15.0. The summed E-state index contributed by atoms with van der Waals surface area (Å²) in [6.45, 7) is 6.48. The Bertz CT molecular complexity index is 1240. The molecule has 0 bridgehead atoms. The number of rotatable bonds is 3. The molecular formula is C23H23ClFN5O3. The van der Waals surface area contributed by atoms with Crippen LogP contribution in [0.3, 0.4) is 0 Å². The van der Waals surface area contributed by atoms with Crippen molar-refractivity contribution in [3.63, 3.8) is 0 Å². The molecule has 3 heterocycles. The first-order valence-corrected chi connectivity index (χ1v) is 10.9. The predicted octanol–water partition coefficient (Wildman–Crippen LogP) is 5.46. The van der Waals surface area contributed by atoms with E-state index in [1.165, 1.54) is 24.7 Å². The van der Waals surface area contributed by atoms with Crippen molar-refractivity contribution in [1.82, 2.24) is 19.4 Å². The fourth-order valence-corrected chi connectivity index (χ4v) is 4.00. The Balaban J connectivity index is 1.56. The number of ether oxygens (including phenoxy) is 2. The fraction of sp³-hybridized carbons (Fsp3) is 0.391. The normalized spacial score (nSPS) is 14.8. The lowest BCUT2D eigenvalue weighted by Gasteiger charge is -2.34. The van der Waals surface area contributed by atoms with Gasteiger partial charge in [0.25, 0.3) is 0 Å². The standard InChI is InChI=1S/C23H23ClFN5O3/c1-23(2,3)33-22(31)29-8-6-15(7-9-29)30-12-17(25)19-20(30)27-13-28-21(19)32-18-5-4-14(11-26)10-16(18)24/h4-5,10,12-13,15H,6-9H2,1-3H3. The molecule has 0 unspecified atom stereocenters. The van der Waals surface area contributed by atoms with E-state index in [9.17, 15) is 9.18 Å². The van der Waals surface area contributed by atoms with Crippen molar-refractivity contribution in [3.05, 3.63) is 47.1 Å². The average molecular weight is 472 g/mol. The summed E-state index contributed by atoms with van der Waals surface area (Å²) in [6, 6.07) is 6.51. The van der Waals surface area contributed by atoms with Gasteiger partial charge in [0.15, 0.2) is 11.5 Å². The fourth-order valence-electron chi connectivity index (χ4n) is 3.78. The Kier molecular flexibility index (Phi) is 6.13. The van der Waals surface area contributed by atoms with Crippen LogP contribution in [-0.2, 0) is 4.74 Å². The Hall–Kier alpha value is -3.38. The molecule has 10 heteroatoms. The molecule has 0 atom stereocenters. The number of hydrogen-bond acceptors (Lipinski definition) is 6. The van der Waals surface area contributed by atoms with Crippen molar-refractivity contribution in [2.24, 2.45) is 0 Å². The molecule has 0 radical (unpaired) electrons. The number of fused-ring (bicyclic) bond motifs is 1. The van der Waals surface area contributed by atoms with Gasteiger partial charge in [-0.2, -0.15) is 5.26 Å². The van der Waals surface area contributed by atoms with E-state index in [1.54, 1.807) is 15.5 Å². The smallest absolute Gasteiger partial charge is 0.410 e. The minimum atomic E-state index is -0.557. The van der Waals surface area contributed by atoms with E-state index in [4.69, 9.17) is 26.3 Å². The van der Waals surface area contributed by atoms with Crippen molar-refractivity contribution in [2.75, 3.05) is 13.1 Å². The lowest BCUT2D eigenvalue weighted by atomic mass is 10.1. The third-order valence-corrected chi connectivity index (χ3v) is 5.60. The summed E-state index contributed by atoms with van der Waals surface area (Å²) in [7, 11) is 0. The molecule has 1 amide bonds. The van der Waals surface area contributed by atoms with E-state index in [0.717, 1.165) is 0 Å². The lowest BCUT2D eigenvalue weighted by Crippen LogP contribution is -2.42. The first-order chi connectivity index (χ1) is 15.7. The minimum Gasteiger partial charge on any atom is -0.444 e. The average Bonchev–Trinajstić information content (AvgIpc) is 3.11. The number of benzene rings is 1. The zero-order chi connectivity index (χ0) is 23.8.